The number of nitrogens with zero attached hydrogens (tertiary/aromatic N) is 1. The van der Waals surface area contributed by atoms with Crippen molar-refractivity contribution in [3.05, 3.63) is 28.5 Å². The van der Waals surface area contributed by atoms with Gasteiger partial charge >= 0.3 is 5.97 Å². The second kappa shape index (κ2) is 4.91. The zero-order chi connectivity index (χ0) is 13.3. The molecular formula is C12H14N2O3S. The minimum absolute atomic E-state index is 0.0976. The largest absolute Gasteiger partial charge is 0.481 e. The molecular weight excluding hydrogens is 252 g/mol. The quantitative estimate of drug-likeness (QED) is 0.887. The number of hydrogen-bond donors (Lipinski definition) is 2. The maximum Gasteiger partial charge on any atom is 0.305 e. The Bertz CT molecular complexity index is 574. The van der Waals surface area contributed by atoms with Gasteiger partial charge in [0, 0.05) is 4.88 Å². The van der Waals surface area contributed by atoms with Gasteiger partial charge in [0.25, 0.3) is 0 Å². The Kier molecular flexibility index (Phi) is 3.49. The Morgan fingerprint density at radius 1 is 1.56 bits per heavy atom. The molecule has 2 rings (SSSR count). The maximum absolute atomic E-state index is 10.7. The fraction of sp³-hybridized carbons (Fsp3) is 0.333. The van der Waals surface area contributed by atoms with Gasteiger partial charge in [-0.05, 0) is 26.0 Å². The van der Waals surface area contributed by atoms with E-state index in [2.05, 4.69) is 4.98 Å². The van der Waals surface area contributed by atoms with Gasteiger partial charge < -0.3 is 15.3 Å². The molecule has 0 aliphatic carbocycles. The monoisotopic (exact) mass is 266 g/mol. The maximum atomic E-state index is 10.7. The van der Waals surface area contributed by atoms with Gasteiger partial charge in [-0.15, -0.1) is 11.3 Å². The average molecular weight is 266 g/mol. The summed E-state index contributed by atoms with van der Waals surface area (Å²) in [6.45, 7) is 3.69. The molecule has 1 atom stereocenters. The number of carboxylic acids is 1. The molecule has 1 unspecified atom stereocenters. The fourth-order valence-electron chi connectivity index (χ4n) is 1.69. The first-order valence-electron chi connectivity index (χ1n) is 5.49. The van der Waals surface area contributed by atoms with Crippen molar-refractivity contribution in [2.45, 2.75) is 26.3 Å². The van der Waals surface area contributed by atoms with Crippen molar-refractivity contribution in [1.29, 1.82) is 0 Å². The van der Waals surface area contributed by atoms with Gasteiger partial charge in [0.05, 0.1) is 18.2 Å². The smallest absolute Gasteiger partial charge is 0.305 e. The minimum atomic E-state index is -0.911. The third kappa shape index (κ3) is 2.60. The van der Waals surface area contributed by atoms with E-state index in [9.17, 15) is 4.79 Å². The van der Waals surface area contributed by atoms with E-state index in [1.165, 1.54) is 11.3 Å². The molecule has 5 nitrogen and oxygen atoms in total. The number of thiazole rings is 1. The first-order valence-corrected chi connectivity index (χ1v) is 6.30. The van der Waals surface area contributed by atoms with Crippen LogP contribution >= 0.6 is 11.3 Å². The molecule has 0 aromatic carbocycles. The van der Waals surface area contributed by atoms with Crippen LogP contribution < -0.4 is 5.73 Å². The molecule has 0 aliphatic heterocycles. The Morgan fingerprint density at radius 2 is 2.28 bits per heavy atom. The summed E-state index contributed by atoms with van der Waals surface area (Å²) in [5.74, 6) is 0.592. The number of aryl methyl sites for hydroxylation is 2. The lowest BCUT2D eigenvalue weighted by Gasteiger charge is -2.05. The van der Waals surface area contributed by atoms with E-state index in [0.29, 0.717) is 5.76 Å². The van der Waals surface area contributed by atoms with Crippen molar-refractivity contribution in [3.63, 3.8) is 0 Å². The first-order chi connectivity index (χ1) is 8.47. The summed E-state index contributed by atoms with van der Waals surface area (Å²) in [7, 11) is 0. The summed E-state index contributed by atoms with van der Waals surface area (Å²) in [6, 6.07) is 3.19. The summed E-state index contributed by atoms with van der Waals surface area (Å²) in [4.78, 5) is 15.8. The zero-order valence-electron chi connectivity index (χ0n) is 10.1. The van der Waals surface area contributed by atoms with Crippen LogP contribution in [-0.2, 0) is 4.79 Å². The Hall–Kier alpha value is -1.66. The molecule has 3 N–H and O–H groups in total. The lowest BCUT2D eigenvalue weighted by Crippen LogP contribution is -2.14. The van der Waals surface area contributed by atoms with Gasteiger partial charge in [-0.2, -0.15) is 0 Å². The van der Waals surface area contributed by atoms with Crippen molar-refractivity contribution in [1.82, 2.24) is 4.98 Å². The van der Waals surface area contributed by atoms with E-state index in [1.54, 1.807) is 0 Å². The van der Waals surface area contributed by atoms with Crippen molar-refractivity contribution in [3.8, 4) is 10.8 Å². The van der Waals surface area contributed by atoms with Gasteiger partial charge in [-0.1, -0.05) is 0 Å². The molecule has 6 heteroatoms. The Labute approximate surface area is 108 Å². The zero-order valence-corrected chi connectivity index (χ0v) is 11.0. The van der Waals surface area contributed by atoms with Crippen LogP contribution in [0.3, 0.4) is 0 Å². The summed E-state index contributed by atoms with van der Waals surface area (Å²) in [5.41, 5.74) is 6.61. The number of hydrogen-bond acceptors (Lipinski definition) is 5. The van der Waals surface area contributed by atoms with Gasteiger partial charge in [-0.25, -0.2) is 4.98 Å². The van der Waals surface area contributed by atoms with Gasteiger partial charge in [0.1, 0.15) is 5.76 Å². The predicted molar refractivity (Wildman–Crippen MR) is 68.5 cm³/mol. The van der Waals surface area contributed by atoms with E-state index in [1.807, 2.05) is 26.0 Å². The summed E-state index contributed by atoms with van der Waals surface area (Å²) >= 11 is 1.38. The number of carboxylic acid groups (broad SMARTS) is 1. The lowest BCUT2D eigenvalue weighted by molar-refractivity contribution is -0.137. The molecule has 2 aromatic heterocycles. The molecule has 0 amide bonds. The van der Waals surface area contributed by atoms with Crippen LogP contribution in [0.25, 0.3) is 10.8 Å². The van der Waals surface area contributed by atoms with Crippen LogP contribution in [-0.4, -0.2) is 16.1 Å². The highest BCUT2D eigenvalue weighted by atomic mass is 32.1. The van der Waals surface area contributed by atoms with Crippen LogP contribution in [0.2, 0.25) is 0 Å². The van der Waals surface area contributed by atoms with E-state index >= 15 is 0 Å². The number of aromatic nitrogens is 1. The third-order valence-corrected chi connectivity index (χ3v) is 3.82. The normalized spacial score (nSPS) is 12.6. The average Bonchev–Trinajstić information content (AvgIpc) is 2.83. The SMILES string of the molecule is Cc1ccc(-c2nc(C)c(C(N)CC(=O)O)s2)o1. The van der Waals surface area contributed by atoms with Crippen LogP contribution in [0.5, 0.6) is 0 Å². The summed E-state index contributed by atoms with van der Waals surface area (Å²) in [6.07, 6.45) is -0.0976. The standard InChI is InChI=1S/C12H14N2O3S/c1-6-3-4-9(17-6)12-14-7(2)11(18-12)8(13)5-10(15)16/h3-4,8H,5,13H2,1-2H3,(H,15,16). The number of nitrogens with two attached hydrogens (primary N) is 1. The topological polar surface area (TPSA) is 89.3 Å². The second-order valence-corrected chi connectivity index (χ2v) is 5.11. The van der Waals surface area contributed by atoms with Gasteiger partial charge in [0.15, 0.2) is 10.8 Å². The molecule has 2 aromatic rings. The molecule has 2 heterocycles. The highest BCUT2D eigenvalue weighted by Crippen LogP contribution is 2.32. The molecule has 96 valence electrons. The Balaban J connectivity index is 2.29. The van der Waals surface area contributed by atoms with Crippen molar-refractivity contribution in [2.24, 2.45) is 5.73 Å². The number of rotatable bonds is 4. The molecule has 0 bridgehead atoms. The van der Waals surface area contributed by atoms with E-state index < -0.39 is 12.0 Å². The van der Waals surface area contributed by atoms with Crippen LogP contribution in [0, 0.1) is 13.8 Å². The fourth-order valence-corrected chi connectivity index (χ4v) is 2.72. The van der Waals surface area contributed by atoms with E-state index in [4.69, 9.17) is 15.3 Å². The van der Waals surface area contributed by atoms with Gasteiger partial charge in [0.2, 0.25) is 0 Å². The van der Waals surface area contributed by atoms with Crippen LogP contribution in [0.4, 0.5) is 0 Å². The highest BCUT2D eigenvalue weighted by molar-refractivity contribution is 7.15. The van der Waals surface area contributed by atoms with Gasteiger partial charge in [-0.3, -0.25) is 4.79 Å². The number of furan rings is 1. The molecule has 18 heavy (non-hydrogen) atoms. The molecule has 0 spiro atoms. The van der Waals surface area contributed by atoms with E-state index in [0.717, 1.165) is 21.3 Å². The summed E-state index contributed by atoms with van der Waals surface area (Å²) in [5, 5.41) is 9.48. The lowest BCUT2D eigenvalue weighted by atomic mass is 10.1. The molecule has 0 fully saturated rings. The third-order valence-electron chi connectivity index (χ3n) is 2.51. The number of carbonyl (C=O) groups is 1. The van der Waals surface area contributed by atoms with Crippen LogP contribution in [0.15, 0.2) is 16.5 Å². The van der Waals surface area contributed by atoms with E-state index in [-0.39, 0.29) is 6.42 Å². The first kappa shape index (κ1) is 12.8. The minimum Gasteiger partial charge on any atom is -0.481 e. The Morgan fingerprint density at radius 3 is 2.83 bits per heavy atom. The molecule has 0 saturated heterocycles. The molecule has 0 radical (unpaired) electrons. The number of aliphatic carboxylic acids is 1. The summed E-state index contributed by atoms with van der Waals surface area (Å²) < 4.78 is 5.49. The van der Waals surface area contributed by atoms with Crippen molar-refractivity contribution < 1.29 is 14.3 Å². The molecule has 0 saturated carbocycles. The van der Waals surface area contributed by atoms with Crippen LogP contribution in [0.1, 0.15) is 28.8 Å². The molecule has 0 aliphatic rings. The highest BCUT2D eigenvalue weighted by Gasteiger charge is 2.19. The second-order valence-electron chi connectivity index (χ2n) is 4.08. The van der Waals surface area contributed by atoms with Crippen molar-refractivity contribution >= 4 is 17.3 Å². The van der Waals surface area contributed by atoms with Crippen molar-refractivity contribution in [2.75, 3.05) is 0 Å². The predicted octanol–water partition coefficient (Wildman–Crippen LogP) is 2.49.